The first-order valence-electron chi connectivity index (χ1n) is 5.13. The normalized spacial score (nSPS) is 10.1. The number of para-hydroxylation sites is 1. The van der Waals surface area contributed by atoms with E-state index in [0.29, 0.717) is 5.75 Å². The molecule has 2 rings (SSSR count). The van der Waals surface area contributed by atoms with Crippen LogP contribution in [0.1, 0.15) is 10.4 Å². The summed E-state index contributed by atoms with van der Waals surface area (Å²) in [5, 5.41) is 9.07. The van der Waals surface area contributed by atoms with Gasteiger partial charge in [-0.1, -0.05) is 22.0 Å². The molecule has 0 aliphatic rings. The van der Waals surface area contributed by atoms with E-state index in [1.807, 2.05) is 0 Å². The SMILES string of the molecule is Nc1cccc(C(=O)O)c1Oc1ccc(Br)cc1. The zero-order valence-corrected chi connectivity index (χ0v) is 10.8. The number of benzene rings is 2. The van der Waals surface area contributed by atoms with Gasteiger partial charge in [0, 0.05) is 4.47 Å². The molecule has 0 amide bonds. The third kappa shape index (κ3) is 2.62. The summed E-state index contributed by atoms with van der Waals surface area (Å²) in [4.78, 5) is 11.1. The molecule has 18 heavy (non-hydrogen) atoms. The van der Waals surface area contributed by atoms with Gasteiger partial charge in [-0.2, -0.15) is 0 Å². The summed E-state index contributed by atoms with van der Waals surface area (Å²) in [6, 6.07) is 11.7. The number of rotatable bonds is 3. The fourth-order valence-corrected chi connectivity index (χ4v) is 1.72. The highest BCUT2D eigenvalue weighted by Crippen LogP contribution is 2.31. The van der Waals surface area contributed by atoms with Crippen LogP contribution in [0.15, 0.2) is 46.9 Å². The number of carboxylic acid groups (broad SMARTS) is 1. The number of anilines is 1. The van der Waals surface area contributed by atoms with Crippen molar-refractivity contribution >= 4 is 27.6 Å². The van der Waals surface area contributed by atoms with Gasteiger partial charge in [-0.15, -0.1) is 0 Å². The largest absolute Gasteiger partial charge is 0.478 e. The Morgan fingerprint density at radius 1 is 1.17 bits per heavy atom. The Balaban J connectivity index is 2.39. The number of halogens is 1. The summed E-state index contributed by atoms with van der Waals surface area (Å²) in [6.07, 6.45) is 0. The summed E-state index contributed by atoms with van der Waals surface area (Å²) in [7, 11) is 0. The molecule has 2 aromatic carbocycles. The zero-order chi connectivity index (χ0) is 13.1. The number of hydrogen-bond donors (Lipinski definition) is 2. The lowest BCUT2D eigenvalue weighted by atomic mass is 10.1. The number of carboxylic acids is 1. The summed E-state index contributed by atoms with van der Waals surface area (Å²) in [5.41, 5.74) is 6.07. The predicted octanol–water partition coefficient (Wildman–Crippen LogP) is 3.52. The van der Waals surface area contributed by atoms with Crippen molar-refractivity contribution in [3.05, 3.63) is 52.5 Å². The second-order valence-electron chi connectivity index (χ2n) is 3.59. The van der Waals surface area contributed by atoms with E-state index in [4.69, 9.17) is 15.6 Å². The number of ether oxygens (including phenoxy) is 1. The van der Waals surface area contributed by atoms with Crippen molar-refractivity contribution < 1.29 is 14.6 Å². The Kier molecular flexibility index (Phi) is 3.53. The lowest BCUT2D eigenvalue weighted by Gasteiger charge is -2.11. The third-order valence-corrected chi connectivity index (χ3v) is 2.84. The molecule has 92 valence electrons. The molecule has 4 nitrogen and oxygen atoms in total. The maximum absolute atomic E-state index is 11.1. The molecule has 0 aromatic heterocycles. The highest BCUT2D eigenvalue weighted by atomic mass is 79.9. The maximum atomic E-state index is 11.1. The number of nitrogens with two attached hydrogens (primary N) is 1. The minimum atomic E-state index is -1.07. The minimum absolute atomic E-state index is 0.0397. The minimum Gasteiger partial charge on any atom is -0.478 e. The molecule has 0 atom stereocenters. The zero-order valence-electron chi connectivity index (χ0n) is 9.26. The average Bonchev–Trinajstić information content (AvgIpc) is 2.34. The van der Waals surface area contributed by atoms with Crippen LogP contribution < -0.4 is 10.5 Å². The quantitative estimate of drug-likeness (QED) is 0.851. The van der Waals surface area contributed by atoms with Crippen molar-refractivity contribution in [1.82, 2.24) is 0 Å². The fraction of sp³-hybridized carbons (Fsp3) is 0. The van der Waals surface area contributed by atoms with Crippen molar-refractivity contribution in [1.29, 1.82) is 0 Å². The third-order valence-electron chi connectivity index (χ3n) is 2.31. The van der Waals surface area contributed by atoms with Gasteiger partial charge in [0.15, 0.2) is 5.75 Å². The van der Waals surface area contributed by atoms with Crippen LogP contribution in [0.25, 0.3) is 0 Å². The molecule has 0 saturated heterocycles. The number of aromatic carboxylic acids is 1. The van der Waals surface area contributed by atoms with E-state index in [1.165, 1.54) is 6.07 Å². The topological polar surface area (TPSA) is 72.6 Å². The second kappa shape index (κ2) is 5.10. The molecule has 0 aliphatic heterocycles. The van der Waals surface area contributed by atoms with Gasteiger partial charge in [-0.05, 0) is 36.4 Å². The molecule has 0 fully saturated rings. The summed E-state index contributed by atoms with van der Waals surface area (Å²) in [5.74, 6) is -0.389. The van der Waals surface area contributed by atoms with E-state index in [1.54, 1.807) is 36.4 Å². The molecule has 3 N–H and O–H groups in total. The Hall–Kier alpha value is -2.01. The van der Waals surface area contributed by atoms with Crippen LogP contribution in [0, 0.1) is 0 Å². The van der Waals surface area contributed by atoms with Gasteiger partial charge >= 0.3 is 5.97 Å². The number of nitrogen functional groups attached to an aromatic ring is 1. The maximum Gasteiger partial charge on any atom is 0.339 e. The van der Waals surface area contributed by atoms with Crippen LogP contribution >= 0.6 is 15.9 Å². The molecule has 0 heterocycles. The lowest BCUT2D eigenvalue weighted by Crippen LogP contribution is -2.02. The molecule has 2 aromatic rings. The van der Waals surface area contributed by atoms with Gasteiger partial charge in [0.2, 0.25) is 0 Å². The van der Waals surface area contributed by atoms with Crippen LogP contribution in [-0.4, -0.2) is 11.1 Å². The van der Waals surface area contributed by atoms with Gasteiger partial charge < -0.3 is 15.6 Å². The smallest absolute Gasteiger partial charge is 0.339 e. The van der Waals surface area contributed by atoms with Gasteiger partial charge in [-0.3, -0.25) is 0 Å². The summed E-state index contributed by atoms with van der Waals surface area (Å²) in [6.45, 7) is 0. The van der Waals surface area contributed by atoms with Gasteiger partial charge in [-0.25, -0.2) is 4.79 Å². The van der Waals surface area contributed by atoms with Crippen molar-refractivity contribution in [2.24, 2.45) is 0 Å². The summed E-state index contributed by atoms with van der Waals surface area (Å²) >= 11 is 3.31. The number of hydrogen-bond acceptors (Lipinski definition) is 3. The van der Waals surface area contributed by atoms with Crippen molar-refractivity contribution in [2.75, 3.05) is 5.73 Å². The molecule has 5 heteroatoms. The standard InChI is InChI=1S/C13H10BrNO3/c14-8-4-6-9(7-5-8)18-12-10(13(16)17)2-1-3-11(12)15/h1-7H,15H2,(H,16,17). The van der Waals surface area contributed by atoms with E-state index in [2.05, 4.69) is 15.9 Å². The molecule has 0 bridgehead atoms. The molecule has 0 aliphatic carbocycles. The monoisotopic (exact) mass is 307 g/mol. The van der Waals surface area contributed by atoms with E-state index < -0.39 is 5.97 Å². The molecule has 0 radical (unpaired) electrons. The van der Waals surface area contributed by atoms with Gasteiger partial charge in [0.1, 0.15) is 11.3 Å². The van der Waals surface area contributed by atoms with E-state index in [0.717, 1.165) is 4.47 Å². The Morgan fingerprint density at radius 2 is 1.83 bits per heavy atom. The highest BCUT2D eigenvalue weighted by molar-refractivity contribution is 9.10. The first kappa shape index (κ1) is 12.4. The first-order valence-corrected chi connectivity index (χ1v) is 5.92. The van der Waals surface area contributed by atoms with Gasteiger partial charge in [0.05, 0.1) is 5.69 Å². The first-order chi connectivity index (χ1) is 8.58. The fourth-order valence-electron chi connectivity index (χ4n) is 1.46. The molecule has 0 spiro atoms. The van der Waals surface area contributed by atoms with Crippen molar-refractivity contribution in [3.8, 4) is 11.5 Å². The molecule has 0 saturated carbocycles. The Morgan fingerprint density at radius 3 is 2.44 bits per heavy atom. The molecule has 0 unspecified atom stereocenters. The second-order valence-corrected chi connectivity index (χ2v) is 4.50. The molecular formula is C13H10BrNO3. The van der Waals surface area contributed by atoms with Crippen LogP contribution in [0.2, 0.25) is 0 Å². The molecular weight excluding hydrogens is 298 g/mol. The predicted molar refractivity (Wildman–Crippen MR) is 72.0 cm³/mol. The van der Waals surface area contributed by atoms with Gasteiger partial charge in [0.25, 0.3) is 0 Å². The average molecular weight is 308 g/mol. The number of carbonyl (C=O) groups is 1. The lowest BCUT2D eigenvalue weighted by molar-refractivity contribution is 0.0694. The van der Waals surface area contributed by atoms with E-state index in [-0.39, 0.29) is 17.0 Å². The van der Waals surface area contributed by atoms with Crippen LogP contribution in [-0.2, 0) is 0 Å². The Labute approximate surface area is 112 Å². The highest BCUT2D eigenvalue weighted by Gasteiger charge is 2.14. The van der Waals surface area contributed by atoms with Crippen molar-refractivity contribution in [2.45, 2.75) is 0 Å². The summed E-state index contributed by atoms with van der Waals surface area (Å²) < 4.78 is 6.44. The van der Waals surface area contributed by atoms with Crippen LogP contribution in [0.4, 0.5) is 5.69 Å². The van der Waals surface area contributed by atoms with E-state index >= 15 is 0 Å². The van der Waals surface area contributed by atoms with Crippen LogP contribution in [0.5, 0.6) is 11.5 Å². The van der Waals surface area contributed by atoms with E-state index in [9.17, 15) is 4.79 Å². The Bertz CT molecular complexity index is 581. The van der Waals surface area contributed by atoms with Crippen LogP contribution in [0.3, 0.4) is 0 Å². The van der Waals surface area contributed by atoms with Crippen molar-refractivity contribution in [3.63, 3.8) is 0 Å².